The summed E-state index contributed by atoms with van der Waals surface area (Å²) in [5, 5.41) is 6.29. The lowest BCUT2D eigenvalue weighted by Gasteiger charge is -2.27. The fourth-order valence-corrected chi connectivity index (χ4v) is 2.09. The molecule has 1 saturated carbocycles. The molecule has 1 aliphatic carbocycles. The van der Waals surface area contributed by atoms with Gasteiger partial charge in [-0.05, 0) is 43.4 Å². The maximum atomic E-state index is 11.8. The van der Waals surface area contributed by atoms with E-state index in [2.05, 4.69) is 16.7 Å². The molecule has 0 aromatic heterocycles. The molecule has 1 aromatic rings. The van der Waals surface area contributed by atoms with Gasteiger partial charge in [0, 0.05) is 0 Å². The number of fused-ring (bicyclic) bond motifs is 1. The molecule has 3 rings (SSSR count). The quantitative estimate of drug-likeness (QED) is 0.732. The van der Waals surface area contributed by atoms with E-state index in [4.69, 9.17) is 0 Å². The van der Waals surface area contributed by atoms with Crippen molar-refractivity contribution in [2.24, 2.45) is 5.92 Å². The fourth-order valence-electron chi connectivity index (χ4n) is 2.09. The first-order valence-corrected chi connectivity index (χ1v) is 5.42. The molecule has 3 heteroatoms. The van der Waals surface area contributed by atoms with Crippen LogP contribution in [0.2, 0.25) is 0 Å². The summed E-state index contributed by atoms with van der Waals surface area (Å²) < 4.78 is 0. The minimum absolute atomic E-state index is 0.0137. The van der Waals surface area contributed by atoms with Gasteiger partial charge in [-0.15, -0.1) is 0 Å². The monoisotopic (exact) mass is 202 g/mol. The minimum Gasteiger partial charge on any atom is -0.372 e. The highest BCUT2D eigenvalue weighted by Crippen LogP contribution is 2.38. The van der Waals surface area contributed by atoms with Crippen molar-refractivity contribution in [1.29, 1.82) is 0 Å². The molecule has 1 fully saturated rings. The number of benzene rings is 1. The predicted octanol–water partition coefficient (Wildman–Crippen LogP) is 2.14. The third-order valence-corrected chi connectivity index (χ3v) is 3.12. The molecule has 2 N–H and O–H groups in total. The van der Waals surface area contributed by atoms with Crippen LogP contribution < -0.4 is 10.6 Å². The Bertz CT molecular complexity index is 424. The van der Waals surface area contributed by atoms with Gasteiger partial charge >= 0.3 is 0 Å². The van der Waals surface area contributed by atoms with Crippen molar-refractivity contribution >= 4 is 17.3 Å². The lowest BCUT2D eigenvalue weighted by atomic mass is 10.1. The van der Waals surface area contributed by atoms with Gasteiger partial charge in [0.15, 0.2) is 0 Å². The maximum absolute atomic E-state index is 11.8. The largest absolute Gasteiger partial charge is 0.372 e. The van der Waals surface area contributed by atoms with Gasteiger partial charge in [0.1, 0.15) is 6.04 Å². The van der Waals surface area contributed by atoms with Crippen LogP contribution in [0, 0.1) is 12.8 Å². The van der Waals surface area contributed by atoms with Gasteiger partial charge in [0.25, 0.3) is 0 Å². The third-order valence-electron chi connectivity index (χ3n) is 3.12. The van der Waals surface area contributed by atoms with Crippen LogP contribution in [0.25, 0.3) is 0 Å². The molecule has 0 radical (unpaired) electrons. The Labute approximate surface area is 88.9 Å². The van der Waals surface area contributed by atoms with Gasteiger partial charge in [-0.3, -0.25) is 4.79 Å². The number of aryl methyl sites for hydroxylation is 1. The average Bonchev–Trinajstić information content (AvgIpc) is 3.00. The van der Waals surface area contributed by atoms with E-state index in [0.29, 0.717) is 5.92 Å². The van der Waals surface area contributed by atoms with Crippen LogP contribution in [0.1, 0.15) is 18.4 Å². The van der Waals surface area contributed by atoms with Crippen molar-refractivity contribution in [1.82, 2.24) is 0 Å². The highest BCUT2D eigenvalue weighted by atomic mass is 16.2. The molecule has 0 spiro atoms. The number of anilines is 2. The summed E-state index contributed by atoms with van der Waals surface area (Å²) in [4.78, 5) is 11.8. The molecule has 2 aliphatic rings. The van der Waals surface area contributed by atoms with Crippen LogP contribution in [0.15, 0.2) is 18.2 Å². The smallest absolute Gasteiger partial charge is 0.247 e. The van der Waals surface area contributed by atoms with Crippen molar-refractivity contribution < 1.29 is 4.79 Å². The molecule has 1 unspecified atom stereocenters. The summed E-state index contributed by atoms with van der Waals surface area (Å²) in [5.41, 5.74) is 3.13. The summed E-state index contributed by atoms with van der Waals surface area (Å²) in [6.07, 6.45) is 2.35. The number of carbonyl (C=O) groups is 1. The zero-order valence-corrected chi connectivity index (χ0v) is 8.71. The number of rotatable bonds is 1. The highest BCUT2D eigenvalue weighted by Gasteiger charge is 2.38. The Kier molecular flexibility index (Phi) is 1.75. The van der Waals surface area contributed by atoms with E-state index < -0.39 is 0 Å². The van der Waals surface area contributed by atoms with E-state index in [1.54, 1.807) is 0 Å². The number of hydrogen-bond donors (Lipinski definition) is 2. The van der Waals surface area contributed by atoms with Crippen LogP contribution in [-0.2, 0) is 4.79 Å². The first-order chi connectivity index (χ1) is 7.24. The second-order valence-electron chi connectivity index (χ2n) is 4.50. The van der Waals surface area contributed by atoms with Gasteiger partial charge < -0.3 is 10.6 Å². The summed E-state index contributed by atoms with van der Waals surface area (Å²) in [6.45, 7) is 2.03. The molecular weight excluding hydrogens is 188 g/mol. The zero-order valence-electron chi connectivity index (χ0n) is 8.71. The predicted molar refractivity (Wildman–Crippen MR) is 59.9 cm³/mol. The first kappa shape index (κ1) is 8.77. The second-order valence-corrected chi connectivity index (χ2v) is 4.50. The van der Waals surface area contributed by atoms with Gasteiger partial charge in [-0.1, -0.05) is 6.07 Å². The van der Waals surface area contributed by atoms with Crippen LogP contribution in [0.5, 0.6) is 0 Å². The van der Waals surface area contributed by atoms with Crippen LogP contribution in [0.4, 0.5) is 11.4 Å². The van der Waals surface area contributed by atoms with Crippen molar-refractivity contribution in [3.8, 4) is 0 Å². The molecular formula is C12H14N2O. The lowest BCUT2D eigenvalue weighted by molar-refractivity contribution is -0.117. The van der Waals surface area contributed by atoms with E-state index in [9.17, 15) is 4.79 Å². The molecule has 1 aromatic carbocycles. The number of hydrogen-bond acceptors (Lipinski definition) is 2. The summed E-state index contributed by atoms with van der Waals surface area (Å²) in [6, 6.07) is 6.09. The van der Waals surface area contributed by atoms with Gasteiger partial charge in [0.2, 0.25) is 5.91 Å². The van der Waals surface area contributed by atoms with Gasteiger partial charge in [-0.25, -0.2) is 0 Å². The number of nitrogens with one attached hydrogen (secondary N) is 2. The number of amides is 1. The third kappa shape index (κ3) is 1.48. The molecule has 0 saturated heterocycles. The van der Waals surface area contributed by atoms with E-state index in [1.807, 2.05) is 19.1 Å². The molecule has 1 atom stereocenters. The van der Waals surface area contributed by atoms with Gasteiger partial charge in [-0.2, -0.15) is 0 Å². The van der Waals surface area contributed by atoms with E-state index >= 15 is 0 Å². The molecule has 15 heavy (non-hydrogen) atoms. The van der Waals surface area contributed by atoms with Crippen LogP contribution >= 0.6 is 0 Å². The van der Waals surface area contributed by atoms with E-state index in [0.717, 1.165) is 11.4 Å². The van der Waals surface area contributed by atoms with Crippen LogP contribution in [-0.4, -0.2) is 11.9 Å². The lowest BCUT2D eigenvalue weighted by Crippen LogP contribution is -2.40. The SMILES string of the molecule is Cc1ccc2c(c1)NC(=O)C(C1CC1)N2. The van der Waals surface area contributed by atoms with E-state index in [-0.39, 0.29) is 11.9 Å². The first-order valence-electron chi connectivity index (χ1n) is 5.42. The Morgan fingerprint density at radius 2 is 2.07 bits per heavy atom. The Morgan fingerprint density at radius 1 is 1.27 bits per heavy atom. The summed E-state index contributed by atoms with van der Waals surface area (Å²) in [7, 11) is 0. The normalized spacial score (nSPS) is 24.1. The second kappa shape index (κ2) is 2.99. The summed E-state index contributed by atoms with van der Waals surface area (Å²) >= 11 is 0. The van der Waals surface area contributed by atoms with Crippen molar-refractivity contribution in [3.05, 3.63) is 23.8 Å². The molecule has 1 aliphatic heterocycles. The number of carbonyl (C=O) groups excluding carboxylic acids is 1. The van der Waals surface area contributed by atoms with Gasteiger partial charge in [0.05, 0.1) is 11.4 Å². The molecule has 1 amide bonds. The van der Waals surface area contributed by atoms with Crippen molar-refractivity contribution in [3.63, 3.8) is 0 Å². The topological polar surface area (TPSA) is 41.1 Å². The molecule has 3 nitrogen and oxygen atoms in total. The van der Waals surface area contributed by atoms with E-state index in [1.165, 1.54) is 18.4 Å². The highest BCUT2D eigenvalue weighted by molar-refractivity contribution is 6.03. The molecule has 0 bridgehead atoms. The standard InChI is InChI=1S/C12H14N2O/c1-7-2-5-9-10(6-7)14-12(15)11(13-9)8-3-4-8/h2,5-6,8,11,13H,3-4H2,1H3,(H,14,15). The Balaban J connectivity index is 1.94. The Morgan fingerprint density at radius 3 is 2.80 bits per heavy atom. The molecule has 1 heterocycles. The minimum atomic E-state index is -0.0137. The van der Waals surface area contributed by atoms with Crippen molar-refractivity contribution in [2.75, 3.05) is 10.6 Å². The fraction of sp³-hybridized carbons (Fsp3) is 0.417. The van der Waals surface area contributed by atoms with Crippen molar-refractivity contribution in [2.45, 2.75) is 25.8 Å². The average molecular weight is 202 g/mol. The summed E-state index contributed by atoms with van der Waals surface area (Å²) in [5.74, 6) is 0.662. The maximum Gasteiger partial charge on any atom is 0.247 e. The van der Waals surface area contributed by atoms with Crippen LogP contribution in [0.3, 0.4) is 0 Å². The zero-order chi connectivity index (χ0) is 10.4. The molecule has 78 valence electrons. The Hall–Kier alpha value is -1.51.